The lowest BCUT2D eigenvalue weighted by atomic mass is 9.80. The number of carbonyl (C=O) groups is 2. The van der Waals surface area contributed by atoms with E-state index < -0.39 is 23.7 Å². The summed E-state index contributed by atoms with van der Waals surface area (Å²) in [5.74, 6) is -0.552. The number of benzene rings is 2. The standard InChI is InChI=1S/C33H42FN5O3/c1-20(2)16-29(31(41)38-19-33(17-24(38)18-35)25-8-6-7-9-26(25)36-32(33)42)37(5)30(40)28-15-14-27(39(28)21(3)4)22-10-12-23(34)13-11-22/h6-13,20-21,24,27-30,40H,14-17,19H2,1-5H3,(H,36,42)/t24-,27+,28+,29-,30?,33-/m0/s1. The second kappa shape index (κ2) is 11.8. The maximum absolute atomic E-state index is 14.3. The van der Waals surface area contributed by atoms with Crippen LogP contribution in [0, 0.1) is 23.1 Å². The summed E-state index contributed by atoms with van der Waals surface area (Å²) in [6.45, 7) is 8.37. The number of halogens is 1. The molecule has 2 aromatic carbocycles. The lowest BCUT2D eigenvalue weighted by molar-refractivity contribution is -0.145. The highest BCUT2D eigenvalue weighted by atomic mass is 19.1. The van der Waals surface area contributed by atoms with Crippen LogP contribution in [0.15, 0.2) is 48.5 Å². The summed E-state index contributed by atoms with van der Waals surface area (Å²) < 4.78 is 13.6. The SMILES string of the molecule is CC(C)C[C@@H](C(=O)N1C[C@]2(C[C@H]1C#N)C(=O)Nc1ccccc12)N(C)C(O)[C@H]1CC[C@H](c2ccc(F)cc2)N1C(C)C. The zero-order valence-corrected chi connectivity index (χ0v) is 25.1. The van der Waals surface area contributed by atoms with Crippen LogP contribution in [-0.4, -0.2) is 75.6 Å². The molecular weight excluding hydrogens is 533 g/mol. The van der Waals surface area contributed by atoms with Crippen LogP contribution in [0.3, 0.4) is 0 Å². The van der Waals surface area contributed by atoms with Crippen molar-refractivity contribution in [2.24, 2.45) is 5.92 Å². The average Bonchev–Trinajstić information content (AvgIpc) is 3.65. The van der Waals surface area contributed by atoms with Gasteiger partial charge in [-0.05, 0) is 75.4 Å². The minimum Gasteiger partial charge on any atom is -0.377 e. The second-order valence-corrected chi connectivity index (χ2v) is 12.9. The first-order chi connectivity index (χ1) is 20.0. The number of hydrogen-bond acceptors (Lipinski definition) is 6. The number of nitrogens with zero attached hydrogens (tertiary/aromatic N) is 4. The van der Waals surface area contributed by atoms with Gasteiger partial charge in [0.15, 0.2) is 0 Å². The maximum atomic E-state index is 14.3. The minimum absolute atomic E-state index is 0.0280. The predicted molar refractivity (Wildman–Crippen MR) is 159 cm³/mol. The topological polar surface area (TPSA) is 99.9 Å². The molecule has 5 rings (SSSR count). The summed E-state index contributed by atoms with van der Waals surface area (Å²) >= 11 is 0. The molecule has 0 aromatic heterocycles. The fraction of sp³-hybridized carbons (Fsp3) is 0.545. The Hall–Kier alpha value is -3.32. The molecular formula is C33H42FN5O3. The van der Waals surface area contributed by atoms with Gasteiger partial charge in [-0.1, -0.05) is 44.2 Å². The number of nitriles is 1. The third-order valence-electron chi connectivity index (χ3n) is 9.48. The van der Waals surface area contributed by atoms with Gasteiger partial charge in [0.2, 0.25) is 11.8 Å². The van der Waals surface area contributed by atoms with Crippen molar-refractivity contribution >= 4 is 17.5 Å². The zero-order chi connectivity index (χ0) is 30.3. The molecule has 42 heavy (non-hydrogen) atoms. The lowest BCUT2D eigenvalue weighted by Crippen LogP contribution is -2.58. The second-order valence-electron chi connectivity index (χ2n) is 12.9. The quantitative estimate of drug-likeness (QED) is 0.452. The van der Waals surface area contributed by atoms with Crippen molar-refractivity contribution in [1.82, 2.24) is 14.7 Å². The van der Waals surface area contributed by atoms with Crippen LogP contribution in [-0.2, 0) is 15.0 Å². The first-order valence-electron chi connectivity index (χ1n) is 15.0. The molecule has 2 aromatic rings. The maximum Gasteiger partial charge on any atom is 0.241 e. The van der Waals surface area contributed by atoms with Crippen molar-refractivity contribution in [3.63, 3.8) is 0 Å². The molecule has 3 heterocycles. The molecule has 3 aliphatic heterocycles. The number of likely N-dealkylation sites (N-methyl/N-ethyl adjacent to an activating group) is 1. The number of amides is 2. The van der Waals surface area contributed by atoms with Crippen LogP contribution in [0.1, 0.15) is 70.5 Å². The van der Waals surface area contributed by atoms with Crippen LogP contribution in [0.25, 0.3) is 0 Å². The fourth-order valence-corrected chi connectivity index (χ4v) is 7.45. The van der Waals surface area contributed by atoms with E-state index in [0.717, 1.165) is 29.7 Å². The van der Waals surface area contributed by atoms with Crippen molar-refractivity contribution in [3.05, 3.63) is 65.5 Å². The van der Waals surface area contributed by atoms with Crippen molar-refractivity contribution in [3.8, 4) is 6.07 Å². The average molecular weight is 576 g/mol. The Bertz CT molecular complexity index is 1360. The fourth-order valence-electron chi connectivity index (χ4n) is 7.45. The van der Waals surface area contributed by atoms with Crippen LogP contribution in [0.4, 0.5) is 10.1 Å². The van der Waals surface area contributed by atoms with Crippen molar-refractivity contribution in [2.75, 3.05) is 18.9 Å². The smallest absolute Gasteiger partial charge is 0.241 e. The monoisotopic (exact) mass is 575 g/mol. The molecule has 0 aliphatic carbocycles. The number of hydrogen-bond donors (Lipinski definition) is 2. The number of aliphatic hydroxyl groups is 1. The highest BCUT2D eigenvalue weighted by molar-refractivity contribution is 6.07. The van der Waals surface area contributed by atoms with E-state index in [-0.39, 0.29) is 54.6 Å². The Morgan fingerprint density at radius 3 is 2.50 bits per heavy atom. The number of carbonyl (C=O) groups excluding carboxylic acids is 2. The summed E-state index contributed by atoms with van der Waals surface area (Å²) in [5, 5.41) is 24.9. The van der Waals surface area contributed by atoms with E-state index in [1.54, 1.807) is 16.8 Å². The summed E-state index contributed by atoms with van der Waals surface area (Å²) in [6.07, 6.45) is 1.31. The molecule has 0 bridgehead atoms. The summed E-state index contributed by atoms with van der Waals surface area (Å²) in [5.41, 5.74) is 1.59. The molecule has 224 valence electrons. The molecule has 3 aliphatic rings. The van der Waals surface area contributed by atoms with Crippen molar-refractivity contribution in [1.29, 1.82) is 5.26 Å². The number of aliphatic hydroxyl groups excluding tert-OH is 1. The Morgan fingerprint density at radius 1 is 1.17 bits per heavy atom. The summed E-state index contributed by atoms with van der Waals surface area (Å²) in [7, 11) is 1.78. The van der Waals surface area contributed by atoms with Crippen LogP contribution >= 0.6 is 0 Å². The molecule has 2 saturated heterocycles. The van der Waals surface area contributed by atoms with Gasteiger partial charge in [-0.15, -0.1) is 0 Å². The highest BCUT2D eigenvalue weighted by Crippen LogP contribution is 2.47. The van der Waals surface area contributed by atoms with Gasteiger partial charge in [-0.25, -0.2) is 4.39 Å². The van der Waals surface area contributed by atoms with Crippen molar-refractivity contribution in [2.45, 2.75) is 95.2 Å². The van der Waals surface area contributed by atoms with E-state index in [2.05, 4.69) is 30.1 Å². The third kappa shape index (κ3) is 5.21. The van der Waals surface area contributed by atoms with E-state index in [0.29, 0.717) is 6.42 Å². The molecule has 0 saturated carbocycles. The molecule has 2 amide bonds. The Morgan fingerprint density at radius 2 is 1.86 bits per heavy atom. The van der Waals surface area contributed by atoms with Gasteiger partial charge >= 0.3 is 0 Å². The Kier molecular flexibility index (Phi) is 8.44. The third-order valence-corrected chi connectivity index (χ3v) is 9.48. The molecule has 9 heteroatoms. The number of anilines is 1. The molecule has 0 radical (unpaired) electrons. The van der Waals surface area contributed by atoms with Gasteiger partial charge in [0.05, 0.1) is 23.6 Å². The Labute approximate surface area is 248 Å². The summed E-state index contributed by atoms with van der Waals surface area (Å²) in [4.78, 5) is 33.2. The molecule has 1 unspecified atom stereocenters. The first kappa shape index (κ1) is 30.1. The van der Waals surface area contributed by atoms with Crippen molar-refractivity contribution < 1.29 is 19.1 Å². The van der Waals surface area contributed by atoms with Crippen LogP contribution in [0.2, 0.25) is 0 Å². The molecule has 6 atom stereocenters. The molecule has 2 N–H and O–H groups in total. The number of para-hydroxylation sites is 1. The lowest BCUT2D eigenvalue weighted by Gasteiger charge is -2.42. The number of rotatable bonds is 8. The van der Waals surface area contributed by atoms with Gasteiger partial charge < -0.3 is 15.3 Å². The van der Waals surface area contributed by atoms with Gasteiger partial charge in [0, 0.05) is 30.7 Å². The largest absolute Gasteiger partial charge is 0.377 e. The van der Waals surface area contributed by atoms with Crippen LogP contribution < -0.4 is 5.32 Å². The highest BCUT2D eigenvalue weighted by Gasteiger charge is 2.57. The summed E-state index contributed by atoms with van der Waals surface area (Å²) in [6, 6.07) is 14.8. The normalized spacial score (nSPS) is 27.1. The van der Waals surface area contributed by atoms with E-state index in [9.17, 15) is 24.3 Å². The zero-order valence-electron chi connectivity index (χ0n) is 25.1. The molecule has 1 spiro atoms. The molecule has 2 fully saturated rings. The van der Waals surface area contributed by atoms with Gasteiger partial charge in [-0.3, -0.25) is 19.4 Å². The Balaban J connectivity index is 1.41. The van der Waals surface area contributed by atoms with Gasteiger partial charge in [0.1, 0.15) is 18.1 Å². The predicted octanol–water partition coefficient (Wildman–Crippen LogP) is 4.42. The number of nitrogens with one attached hydrogen (secondary N) is 1. The van der Waals surface area contributed by atoms with E-state index in [1.165, 1.54) is 12.1 Å². The van der Waals surface area contributed by atoms with E-state index >= 15 is 0 Å². The number of fused-ring (bicyclic) bond motifs is 2. The first-order valence-corrected chi connectivity index (χ1v) is 15.0. The van der Waals surface area contributed by atoms with Crippen LogP contribution in [0.5, 0.6) is 0 Å². The van der Waals surface area contributed by atoms with E-state index in [4.69, 9.17) is 0 Å². The van der Waals surface area contributed by atoms with Gasteiger partial charge in [-0.2, -0.15) is 5.26 Å². The van der Waals surface area contributed by atoms with Gasteiger partial charge in [0.25, 0.3) is 0 Å². The number of likely N-dealkylation sites (tertiary alicyclic amines) is 2. The minimum atomic E-state index is -0.964. The van der Waals surface area contributed by atoms with E-state index in [1.807, 2.05) is 50.2 Å². The molecule has 8 nitrogen and oxygen atoms in total.